The molecule has 1 saturated heterocycles. The molecule has 59 valence electrons. The Morgan fingerprint density at radius 3 is 2.60 bits per heavy atom. The maximum atomic E-state index is 5.22. The van der Waals surface area contributed by atoms with Crippen LogP contribution in [0.5, 0.6) is 0 Å². The van der Waals surface area contributed by atoms with E-state index in [0.717, 1.165) is 6.61 Å². The van der Waals surface area contributed by atoms with E-state index >= 15 is 0 Å². The Labute approximate surface area is 63.5 Å². The van der Waals surface area contributed by atoms with E-state index < -0.39 is 8.07 Å². The highest BCUT2D eigenvalue weighted by Crippen LogP contribution is 2.18. The van der Waals surface area contributed by atoms with Gasteiger partial charge in [0.25, 0.3) is 0 Å². The minimum Gasteiger partial charge on any atom is -0.345 e. The van der Waals surface area contributed by atoms with Gasteiger partial charge in [-0.15, -0.1) is 0 Å². The van der Waals surface area contributed by atoms with Gasteiger partial charge < -0.3 is 9.47 Å². The molecule has 1 aliphatic heterocycles. The van der Waals surface area contributed by atoms with Crippen LogP contribution < -0.4 is 0 Å². The van der Waals surface area contributed by atoms with E-state index in [0.29, 0.717) is 6.10 Å². The molecule has 0 aliphatic carbocycles. The maximum absolute atomic E-state index is 5.22. The summed E-state index contributed by atoms with van der Waals surface area (Å²) >= 11 is 0. The van der Waals surface area contributed by atoms with Gasteiger partial charge in [0.2, 0.25) is 6.79 Å². The molecule has 0 saturated carbocycles. The predicted molar refractivity (Wildman–Crippen MR) is 43.3 cm³/mol. The van der Waals surface area contributed by atoms with Crippen molar-refractivity contribution in [3.63, 3.8) is 0 Å². The fraction of sp³-hybridized carbons (Fsp3) is 0.857. The molecular weight excluding hydrogens is 144 g/mol. The molecular formula is C7H15O2Si. The molecule has 0 aromatic rings. The average molecular weight is 159 g/mol. The first-order valence-corrected chi connectivity index (χ1v) is 7.37. The molecule has 1 fully saturated rings. The zero-order valence-corrected chi connectivity index (χ0v) is 7.89. The third-order valence-corrected chi connectivity index (χ3v) is 3.12. The molecule has 10 heavy (non-hydrogen) atoms. The molecule has 1 rings (SSSR count). The van der Waals surface area contributed by atoms with Crippen molar-refractivity contribution in [1.29, 1.82) is 0 Å². The van der Waals surface area contributed by atoms with Gasteiger partial charge in [-0.3, -0.25) is 0 Å². The standard InChI is InChI=1S/C7H15O2Si/c1-10(2,3)5-7-4-8-6-9-7/h6-7H,4-5H2,1-3H3. The third kappa shape index (κ3) is 2.81. The van der Waals surface area contributed by atoms with Gasteiger partial charge in [-0.25, -0.2) is 0 Å². The fourth-order valence-corrected chi connectivity index (χ4v) is 2.67. The van der Waals surface area contributed by atoms with E-state index in [1.807, 2.05) is 0 Å². The summed E-state index contributed by atoms with van der Waals surface area (Å²) in [7, 11) is -0.947. The summed E-state index contributed by atoms with van der Waals surface area (Å²) in [6.45, 7) is 9.24. The molecule has 0 N–H and O–H groups in total. The largest absolute Gasteiger partial charge is 0.345 e. The number of hydrogen-bond donors (Lipinski definition) is 0. The Bertz CT molecular complexity index is 103. The SMILES string of the molecule is C[Si](C)(C)CC1CO[CH]O1. The van der Waals surface area contributed by atoms with Gasteiger partial charge in [-0.05, 0) is 6.04 Å². The first-order valence-electron chi connectivity index (χ1n) is 3.67. The highest BCUT2D eigenvalue weighted by atomic mass is 28.3. The molecule has 1 atom stereocenters. The summed E-state index contributed by atoms with van der Waals surface area (Å²) in [6, 6.07) is 1.20. The van der Waals surface area contributed by atoms with Crippen molar-refractivity contribution in [3.8, 4) is 0 Å². The van der Waals surface area contributed by atoms with E-state index in [4.69, 9.17) is 9.47 Å². The van der Waals surface area contributed by atoms with Gasteiger partial charge in [0.15, 0.2) is 0 Å². The van der Waals surface area contributed by atoms with E-state index in [2.05, 4.69) is 19.6 Å². The molecule has 0 aromatic carbocycles. The molecule has 0 bridgehead atoms. The van der Waals surface area contributed by atoms with Crippen LogP contribution in [0.25, 0.3) is 0 Å². The lowest BCUT2D eigenvalue weighted by molar-refractivity contribution is 0.135. The highest BCUT2D eigenvalue weighted by Gasteiger charge is 2.24. The van der Waals surface area contributed by atoms with Crippen LogP contribution >= 0.6 is 0 Å². The predicted octanol–water partition coefficient (Wildman–Crippen LogP) is 1.86. The fourth-order valence-electron chi connectivity index (χ4n) is 1.09. The van der Waals surface area contributed by atoms with E-state index in [9.17, 15) is 0 Å². The summed E-state index contributed by atoms with van der Waals surface area (Å²) in [6.07, 6.45) is 0.340. The molecule has 1 radical (unpaired) electrons. The second-order valence-electron chi connectivity index (χ2n) is 3.95. The molecule has 1 aliphatic rings. The Hall–Kier alpha value is 0.137. The Morgan fingerprint density at radius 1 is 1.50 bits per heavy atom. The lowest BCUT2D eigenvalue weighted by atomic mass is 10.4. The van der Waals surface area contributed by atoms with Crippen LogP contribution in [-0.2, 0) is 9.47 Å². The normalized spacial score (nSPS) is 27.3. The van der Waals surface area contributed by atoms with Gasteiger partial charge in [0.1, 0.15) is 0 Å². The molecule has 3 heteroatoms. The quantitative estimate of drug-likeness (QED) is 0.573. The van der Waals surface area contributed by atoms with Crippen molar-refractivity contribution in [2.24, 2.45) is 0 Å². The Balaban J connectivity index is 2.24. The van der Waals surface area contributed by atoms with E-state index in [-0.39, 0.29) is 0 Å². The Kier molecular flexibility index (Phi) is 2.49. The molecule has 0 amide bonds. The number of rotatable bonds is 2. The van der Waals surface area contributed by atoms with Crippen molar-refractivity contribution in [2.75, 3.05) is 6.61 Å². The zero-order chi connectivity index (χ0) is 7.61. The van der Waals surface area contributed by atoms with Gasteiger partial charge in [0.05, 0.1) is 12.7 Å². The monoisotopic (exact) mass is 159 g/mol. The summed E-state index contributed by atoms with van der Waals surface area (Å²) < 4.78 is 10.2. The maximum Gasteiger partial charge on any atom is 0.209 e. The van der Waals surface area contributed by atoms with Crippen molar-refractivity contribution in [1.82, 2.24) is 0 Å². The smallest absolute Gasteiger partial charge is 0.209 e. The van der Waals surface area contributed by atoms with Gasteiger partial charge >= 0.3 is 0 Å². The molecule has 1 heterocycles. The second-order valence-corrected chi connectivity index (χ2v) is 9.48. The summed E-state index contributed by atoms with van der Waals surface area (Å²) in [5.74, 6) is 0. The minimum absolute atomic E-state index is 0.340. The van der Waals surface area contributed by atoms with Crippen molar-refractivity contribution in [3.05, 3.63) is 6.79 Å². The lowest BCUT2D eigenvalue weighted by Gasteiger charge is -2.18. The van der Waals surface area contributed by atoms with Gasteiger partial charge in [-0.1, -0.05) is 19.6 Å². The summed E-state index contributed by atoms with van der Waals surface area (Å²) in [5.41, 5.74) is 0. The summed E-state index contributed by atoms with van der Waals surface area (Å²) in [5, 5.41) is 0. The number of hydrogen-bond acceptors (Lipinski definition) is 2. The average Bonchev–Trinajstić information content (AvgIpc) is 2.12. The van der Waals surface area contributed by atoms with Gasteiger partial charge in [-0.2, -0.15) is 0 Å². The minimum atomic E-state index is -0.947. The van der Waals surface area contributed by atoms with E-state index in [1.165, 1.54) is 12.8 Å². The highest BCUT2D eigenvalue weighted by molar-refractivity contribution is 6.76. The third-order valence-electron chi connectivity index (χ3n) is 1.44. The Morgan fingerprint density at radius 2 is 2.20 bits per heavy atom. The zero-order valence-electron chi connectivity index (χ0n) is 6.89. The first-order chi connectivity index (χ1) is 4.58. The van der Waals surface area contributed by atoms with Crippen LogP contribution in [0, 0.1) is 6.79 Å². The van der Waals surface area contributed by atoms with Crippen LogP contribution in [0.4, 0.5) is 0 Å². The summed E-state index contributed by atoms with van der Waals surface area (Å²) in [4.78, 5) is 0. The molecule has 0 aromatic heterocycles. The van der Waals surface area contributed by atoms with Crippen molar-refractivity contribution >= 4 is 8.07 Å². The van der Waals surface area contributed by atoms with Crippen molar-refractivity contribution in [2.45, 2.75) is 31.8 Å². The van der Waals surface area contributed by atoms with Crippen LogP contribution in [-0.4, -0.2) is 20.8 Å². The lowest BCUT2D eigenvalue weighted by Crippen LogP contribution is -2.27. The molecule has 2 nitrogen and oxygen atoms in total. The number of ether oxygens (including phenoxy) is 2. The van der Waals surface area contributed by atoms with Gasteiger partial charge in [0, 0.05) is 8.07 Å². The molecule has 1 unspecified atom stereocenters. The topological polar surface area (TPSA) is 18.5 Å². The molecule has 0 spiro atoms. The second kappa shape index (κ2) is 3.03. The van der Waals surface area contributed by atoms with Crippen molar-refractivity contribution < 1.29 is 9.47 Å². The van der Waals surface area contributed by atoms with Crippen LogP contribution in [0.3, 0.4) is 0 Å². The van der Waals surface area contributed by atoms with Crippen LogP contribution in [0.2, 0.25) is 25.7 Å². The first kappa shape index (κ1) is 8.24. The van der Waals surface area contributed by atoms with Crippen LogP contribution in [0.1, 0.15) is 0 Å². The van der Waals surface area contributed by atoms with Crippen LogP contribution in [0.15, 0.2) is 0 Å². The van der Waals surface area contributed by atoms with E-state index in [1.54, 1.807) is 0 Å².